The molecule has 4 rings (SSSR count). The van der Waals surface area contributed by atoms with Crippen LogP contribution in [0.15, 0.2) is 54.7 Å². The molecule has 0 radical (unpaired) electrons. The van der Waals surface area contributed by atoms with Crippen molar-refractivity contribution in [2.75, 3.05) is 5.32 Å². The van der Waals surface area contributed by atoms with Crippen molar-refractivity contribution in [3.05, 3.63) is 70.2 Å². The summed E-state index contributed by atoms with van der Waals surface area (Å²) in [5.74, 6) is -0.225. The third-order valence-corrected chi connectivity index (χ3v) is 5.01. The Bertz CT molecular complexity index is 1120. The fourth-order valence-corrected chi connectivity index (χ4v) is 3.81. The molecule has 0 aliphatic rings. The van der Waals surface area contributed by atoms with E-state index >= 15 is 0 Å². The molecule has 0 unspecified atom stereocenters. The van der Waals surface area contributed by atoms with Crippen molar-refractivity contribution in [1.29, 1.82) is 0 Å². The maximum Gasteiger partial charge on any atom is 0.274 e. The molecule has 0 aliphatic heterocycles. The number of hydrogen-bond donors (Lipinski definition) is 2. The van der Waals surface area contributed by atoms with Crippen LogP contribution >= 0.6 is 23.6 Å². The van der Waals surface area contributed by atoms with Crippen LogP contribution in [-0.2, 0) is 0 Å². The van der Waals surface area contributed by atoms with Crippen LogP contribution < -0.4 is 5.32 Å². The molecule has 0 atom stereocenters. The van der Waals surface area contributed by atoms with E-state index in [1.807, 2.05) is 55.5 Å². The van der Waals surface area contributed by atoms with E-state index in [1.165, 1.54) is 0 Å². The van der Waals surface area contributed by atoms with Gasteiger partial charge in [0.25, 0.3) is 5.91 Å². The highest BCUT2D eigenvalue weighted by atomic mass is 32.1. The van der Waals surface area contributed by atoms with Gasteiger partial charge in [0, 0.05) is 17.6 Å². The van der Waals surface area contributed by atoms with Crippen molar-refractivity contribution >= 4 is 45.4 Å². The number of benzene rings is 2. The van der Waals surface area contributed by atoms with E-state index in [1.54, 1.807) is 22.1 Å². The maximum absolute atomic E-state index is 12.8. The van der Waals surface area contributed by atoms with Crippen molar-refractivity contribution in [2.24, 2.45) is 0 Å². The molecule has 124 valence electrons. The number of para-hydroxylation sites is 1. The summed E-state index contributed by atoms with van der Waals surface area (Å²) in [4.78, 5) is 20.1. The topological polar surface area (TPSA) is 62.7 Å². The first-order valence-corrected chi connectivity index (χ1v) is 8.89. The van der Waals surface area contributed by atoms with Crippen molar-refractivity contribution in [3.8, 4) is 5.69 Å². The number of imidazole rings is 1. The minimum Gasteiger partial charge on any atom is -0.336 e. The quantitative estimate of drug-likeness (QED) is 0.516. The molecule has 0 aliphatic carbocycles. The maximum atomic E-state index is 12.8. The monoisotopic (exact) mass is 366 g/mol. The number of amides is 1. The van der Waals surface area contributed by atoms with Gasteiger partial charge >= 0.3 is 0 Å². The number of aromatic amines is 1. The minimum atomic E-state index is -0.225. The van der Waals surface area contributed by atoms with E-state index in [-0.39, 0.29) is 5.91 Å². The van der Waals surface area contributed by atoms with E-state index in [0.717, 1.165) is 26.6 Å². The van der Waals surface area contributed by atoms with E-state index in [9.17, 15) is 4.79 Å². The van der Waals surface area contributed by atoms with Crippen molar-refractivity contribution in [3.63, 3.8) is 0 Å². The summed E-state index contributed by atoms with van der Waals surface area (Å²) in [5.41, 5.74) is 2.96. The first-order chi connectivity index (χ1) is 12.1. The fourth-order valence-electron chi connectivity index (χ4n) is 2.68. The second-order valence-corrected chi connectivity index (χ2v) is 7.14. The number of anilines is 1. The molecule has 7 heteroatoms. The number of nitrogens with one attached hydrogen (secondary N) is 2. The summed E-state index contributed by atoms with van der Waals surface area (Å²) in [6.07, 6.45) is 1.63. The van der Waals surface area contributed by atoms with Crippen LogP contribution in [0.5, 0.6) is 0 Å². The van der Waals surface area contributed by atoms with Gasteiger partial charge in [0.2, 0.25) is 0 Å². The highest BCUT2D eigenvalue weighted by molar-refractivity contribution is 7.71. The minimum absolute atomic E-state index is 0.225. The summed E-state index contributed by atoms with van der Waals surface area (Å²) in [6, 6.07) is 15.3. The zero-order valence-corrected chi connectivity index (χ0v) is 14.9. The Balaban J connectivity index is 1.68. The molecule has 0 bridgehead atoms. The average Bonchev–Trinajstić information content (AvgIpc) is 3.17. The van der Waals surface area contributed by atoms with Crippen molar-refractivity contribution < 1.29 is 4.79 Å². The lowest BCUT2D eigenvalue weighted by Gasteiger charge is -2.09. The van der Waals surface area contributed by atoms with Crippen LogP contribution in [-0.4, -0.2) is 20.4 Å². The first-order valence-electron chi connectivity index (χ1n) is 7.66. The lowest BCUT2D eigenvalue weighted by Crippen LogP contribution is -2.16. The molecular formula is C18H14N4OS2. The molecule has 4 aromatic rings. The molecule has 5 nitrogen and oxygen atoms in total. The average molecular weight is 366 g/mol. The van der Waals surface area contributed by atoms with Crippen LogP contribution in [0.4, 0.5) is 5.69 Å². The summed E-state index contributed by atoms with van der Waals surface area (Å²) < 4.78 is 3.24. The second kappa shape index (κ2) is 6.27. The largest absolute Gasteiger partial charge is 0.336 e. The molecule has 2 N–H and O–H groups in total. The molecule has 2 aromatic carbocycles. The number of hydrogen-bond acceptors (Lipinski definition) is 4. The van der Waals surface area contributed by atoms with Gasteiger partial charge in [0.05, 0.1) is 15.2 Å². The van der Waals surface area contributed by atoms with E-state index < -0.39 is 0 Å². The smallest absolute Gasteiger partial charge is 0.274 e. The zero-order chi connectivity index (χ0) is 17.4. The number of rotatable bonds is 3. The Morgan fingerprint density at radius 2 is 2.04 bits per heavy atom. The number of fused-ring (bicyclic) bond motifs is 1. The molecule has 2 heterocycles. The summed E-state index contributed by atoms with van der Waals surface area (Å²) in [6.45, 7) is 1.97. The molecular weight excluding hydrogens is 352 g/mol. The van der Waals surface area contributed by atoms with Gasteiger partial charge in [-0.3, -0.25) is 9.36 Å². The predicted octanol–water partition coefficient (Wildman–Crippen LogP) is 4.71. The van der Waals surface area contributed by atoms with Crippen molar-refractivity contribution in [2.45, 2.75) is 6.92 Å². The van der Waals surface area contributed by atoms with Crippen LogP contribution in [0, 0.1) is 11.7 Å². The van der Waals surface area contributed by atoms with Crippen LogP contribution in [0.1, 0.15) is 15.5 Å². The zero-order valence-electron chi connectivity index (χ0n) is 13.3. The van der Waals surface area contributed by atoms with Gasteiger partial charge in [-0.05, 0) is 49.5 Å². The normalized spacial score (nSPS) is 10.9. The Morgan fingerprint density at radius 3 is 2.84 bits per heavy atom. The van der Waals surface area contributed by atoms with E-state index in [0.29, 0.717) is 10.5 Å². The van der Waals surface area contributed by atoms with E-state index in [4.69, 9.17) is 12.2 Å². The molecule has 1 amide bonds. The lowest BCUT2D eigenvalue weighted by molar-refractivity contribution is 0.102. The number of H-pyrrole nitrogens is 1. The number of carbonyl (C=O) groups is 1. The van der Waals surface area contributed by atoms with Gasteiger partial charge in [-0.25, -0.2) is 4.98 Å². The SMILES string of the molecule is Cc1nc2ccc(NC(=O)c3c[nH]c(=S)n3-c3ccccc3)cc2s1. The molecule has 25 heavy (non-hydrogen) atoms. The first kappa shape index (κ1) is 15.7. The standard InChI is InChI=1S/C18H14N4OS2/c1-11-20-14-8-7-12(9-16(14)25-11)21-17(23)15-10-19-18(24)22(15)13-5-3-2-4-6-13/h2-10H,1H3,(H,19,24)(H,21,23). The number of thiazole rings is 1. The molecule has 0 saturated carbocycles. The van der Waals surface area contributed by atoms with Gasteiger partial charge in [-0.1, -0.05) is 18.2 Å². The molecule has 0 fully saturated rings. The predicted molar refractivity (Wildman–Crippen MR) is 103 cm³/mol. The summed E-state index contributed by atoms with van der Waals surface area (Å²) >= 11 is 6.93. The lowest BCUT2D eigenvalue weighted by atomic mass is 10.2. The number of aromatic nitrogens is 3. The second-order valence-electron chi connectivity index (χ2n) is 5.52. The summed E-state index contributed by atoms with van der Waals surface area (Å²) in [7, 11) is 0. The molecule has 0 spiro atoms. The Kier molecular flexibility index (Phi) is 3.95. The summed E-state index contributed by atoms with van der Waals surface area (Å²) in [5, 5.41) is 3.94. The van der Waals surface area contributed by atoms with Crippen molar-refractivity contribution in [1.82, 2.24) is 14.5 Å². The number of nitrogens with zero attached hydrogens (tertiary/aromatic N) is 2. The highest BCUT2D eigenvalue weighted by Crippen LogP contribution is 2.25. The highest BCUT2D eigenvalue weighted by Gasteiger charge is 2.15. The van der Waals surface area contributed by atoms with Crippen LogP contribution in [0.25, 0.3) is 15.9 Å². The van der Waals surface area contributed by atoms with Gasteiger partial charge < -0.3 is 10.3 Å². The van der Waals surface area contributed by atoms with Crippen LogP contribution in [0.3, 0.4) is 0 Å². The number of carbonyl (C=O) groups excluding carboxylic acids is 1. The van der Waals surface area contributed by atoms with Gasteiger partial charge in [0.15, 0.2) is 4.77 Å². The van der Waals surface area contributed by atoms with Gasteiger partial charge in [-0.15, -0.1) is 11.3 Å². The van der Waals surface area contributed by atoms with Crippen LogP contribution in [0.2, 0.25) is 0 Å². The van der Waals surface area contributed by atoms with Gasteiger partial charge in [0.1, 0.15) is 5.69 Å². The Morgan fingerprint density at radius 1 is 1.24 bits per heavy atom. The Labute approximate surface area is 153 Å². The third kappa shape index (κ3) is 2.99. The third-order valence-electron chi connectivity index (χ3n) is 3.78. The molecule has 2 aromatic heterocycles. The van der Waals surface area contributed by atoms with E-state index in [2.05, 4.69) is 15.3 Å². The molecule has 0 saturated heterocycles. The fraction of sp³-hybridized carbons (Fsp3) is 0.0556. The Hall–Kier alpha value is -2.77. The van der Waals surface area contributed by atoms with Gasteiger partial charge in [-0.2, -0.15) is 0 Å². The number of aryl methyl sites for hydroxylation is 1.